The van der Waals surface area contributed by atoms with Gasteiger partial charge in [0.15, 0.2) is 5.16 Å². The molecule has 9 heteroatoms. The molecule has 1 amide bonds. The van der Waals surface area contributed by atoms with Gasteiger partial charge in [0.25, 0.3) is 0 Å². The van der Waals surface area contributed by atoms with Crippen LogP contribution in [0.3, 0.4) is 0 Å². The molecule has 0 spiro atoms. The molecular weight excluding hydrogens is 389 g/mol. The SMILES string of the molecule is Cc1ccc(-n2cnnc2SCC(=O)Nc2ccccc2C(F)(F)F)c(C)c1. The van der Waals surface area contributed by atoms with Gasteiger partial charge in [0.2, 0.25) is 5.91 Å². The molecule has 1 N–H and O–H groups in total. The van der Waals surface area contributed by atoms with E-state index in [4.69, 9.17) is 0 Å². The monoisotopic (exact) mass is 406 g/mol. The number of amides is 1. The molecule has 0 aliphatic heterocycles. The number of para-hydroxylation sites is 1. The van der Waals surface area contributed by atoms with E-state index in [2.05, 4.69) is 15.5 Å². The summed E-state index contributed by atoms with van der Waals surface area (Å²) in [7, 11) is 0. The van der Waals surface area contributed by atoms with E-state index in [1.165, 1.54) is 24.5 Å². The first kappa shape index (κ1) is 19.9. The number of thioether (sulfide) groups is 1. The van der Waals surface area contributed by atoms with Gasteiger partial charge in [-0.25, -0.2) is 0 Å². The van der Waals surface area contributed by atoms with Crippen LogP contribution in [0.2, 0.25) is 0 Å². The highest BCUT2D eigenvalue weighted by Crippen LogP contribution is 2.34. The molecule has 0 unspecified atom stereocenters. The van der Waals surface area contributed by atoms with Gasteiger partial charge in [-0.1, -0.05) is 41.6 Å². The number of benzene rings is 2. The Morgan fingerprint density at radius 3 is 2.64 bits per heavy atom. The lowest BCUT2D eigenvalue weighted by atomic mass is 10.1. The lowest BCUT2D eigenvalue weighted by molar-refractivity contribution is -0.137. The summed E-state index contributed by atoms with van der Waals surface area (Å²) < 4.78 is 40.9. The van der Waals surface area contributed by atoms with Crippen LogP contribution in [-0.2, 0) is 11.0 Å². The molecule has 0 atom stereocenters. The standard InChI is InChI=1S/C19H17F3N4OS/c1-12-7-8-16(13(2)9-12)26-11-23-25-18(26)28-10-17(27)24-15-6-4-3-5-14(15)19(20,21)22/h3-9,11H,10H2,1-2H3,(H,24,27). The van der Waals surface area contributed by atoms with Gasteiger partial charge in [-0.3, -0.25) is 9.36 Å². The zero-order valence-electron chi connectivity index (χ0n) is 15.1. The van der Waals surface area contributed by atoms with Gasteiger partial charge in [0, 0.05) is 0 Å². The van der Waals surface area contributed by atoms with E-state index >= 15 is 0 Å². The van der Waals surface area contributed by atoms with E-state index in [0.29, 0.717) is 5.16 Å². The molecule has 2 aromatic carbocycles. The second-order valence-corrected chi connectivity index (χ2v) is 7.10. The number of aromatic nitrogens is 3. The Kier molecular flexibility index (Phi) is 5.73. The number of carbonyl (C=O) groups excluding carboxylic acids is 1. The lowest BCUT2D eigenvalue weighted by Gasteiger charge is -2.13. The number of halogens is 3. The summed E-state index contributed by atoms with van der Waals surface area (Å²) in [6.45, 7) is 3.94. The maximum atomic E-state index is 13.0. The van der Waals surface area contributed by atoms with Crippen molar-refractivity contribution in [2.75, 3.05) is 11.1 Å². The predicted octanol–water partition coefficient (Wildman–Crippen LogP) is 4.63. The number of rotatable bonds is 5. The summed E-state index contributed by atoms with van der Waals surface area (Å²) in [5, 5.41) is 10.7. The molecular formula is C19H17F3N4OS. The average molecular weight is 406 g/mol. The van der Waals surface area contributed by atoms with E-state index in [0.717, 1.165) is 34.6 Å². The Hall–Kier alpha value is -2.81. The maximum absolute atomic E-state index is 13.0. The third kappa shape index (κ3) is 4.53. The molecule has 1 aromatic heterocycles. The number of alkyl halides is 3. The van der Waals surface area contributed by atoms with E-state index in [1.807, 2.05) is 32.0 Å². The molecule has 0 aliphatic rings. The fourth-order valence-electron chi connectivity index (χ4n) is 2.72. The van der Waals surface area contributed by atoms with Gasteiger partial charge in [-0.2, -0.15) is 13.2 Å². The fourth-order valence-corrected chi connectivity index (χ4v) is 3.44. The molecule has 0 bridgehead atoms. The highest BCUT2D eigenvalue weighted by atomic mass is 32.2. The maximum Gasteiger partial charge on any atom is 0.418 e. The molecule has 28 heavy (non-hydrogen) atoms. The fraction of sp³-hybridized carbons (Fsp3) is 0.211. The zero-order valence-corrected chi connectivity index (χ0v) is 15.9. The van der Waals surface area contributed by atoms with Crippen molar-refractivity contribution < 1.29 is 18.0 Å². The minimum atomic E-state index is -4.54. The van der Waals surface area contributed by atoms with Crippen molar-refractivity contribution in [3.05, 3.63) is 65.5 Å². The number of aryl methyl sites for hydroxylation is 2. The van der Waals surface area contributed by atoms with E-state index < -0.39 is 17.6 Å². The Morgan fingerprint density at radius 1 is 1.18 bits per heavy atom. The normalized spacial score (nSPS) is 11.5. The molecule has 0 aliphatic carbocycles. The molecule has 0 saturated carbocycles. The number of hydrogen-bond donors (Lipinski definition) is 1. The van der Waals surface area contributed by atoms with Crippen LogP contribution in [-0.4, -0.2) is 26.4 Å². The van der Waals surface area contributed by atoms with Crippen LogP contribution in [0, 0.1) is 13.8 Å². The quantitative estimate of drug-likeness (QED) is 0.628. The molecule has 0 saturated heterocycles. The minimum absolute atomic E-state index is 0.101. The van der Waals surface area contributed by atoms with Gasteiger partial charge < -0.3 is 5.32 Å². The predicted molar refractivity (Wildman–Crippen MR) is 102 cm³/mol. The average Bonchev–Trinajstić information content (AvgIpc) is 3.08. The molecule has 3 rings (SSSR count). The first-order valence-corrected chi connectivity index (χ1v) is 9.31. The summed E-state index contributed by atoms with van der Waals surface area (Å²) in [6.07, 6.45) is -3.00. The van der Waals surface area contributed by atoms with Crippen LogP contribution < -0.4 is 5.32 Å². The summed E-state index contributed by atoms with van der Waals surface area (Å²) in [4.78, 5) is 12.2. The lowest BCUT2D eigenvalue weighted by Crippen LogP contribution is -2.18. The van der Waals surface area contributed by atoms with Crippen LogP contribution >= 0.6 is 11.8 Å². The Labute approximate surface area is 164 Å². The Bertz CT molecular complexity index is 1000. The largest absolute Gasteiger partial charge is 0.418 e. The third-order valence-corrected chi connectivity index (χ3v) is 4.91. The first-order chi connectivity index (χ1) is 13.3. The van der Waals surface area contributed by atoms with Gasteiger partial charge in [0.05, 0.1) is 22.7 Å². The summed E-state index contributed by atoms with van der Waals surface area (Å²) in [6, 6.07) is 10.8. The van der Waals surface area contributed by atoms with Crippen LogP contribution in [0.25, 0.3) is 5.69 Å². The Morgan fingerprint density at radius 2 is 1.93 bits per heavy atom. The van der Waals surface area contributed by atoms with Crippen molar-refractivity contribution >= 4 is 23.4 Å². The van der Waals surface area contributed by atoms with E-state index in [-0.39, 0.29) is 11.4 Å². The summed E-state index contributed by atoms with van der Waals surface area (Å²) in [5.74, 6) is -0.660. The van der Waals surface area contributed by atoms with Crippen molar-refractivity contribution in [2.45, 2.75) is 25.2 Å². The van der Waals surface area contributed by atoms with Crippen molar-refractivity contribution in [3.63, 3.8) is 0 Å². The summed E-state index contributed by atoms with van der Waals surface area (Å²) in [5.41, 5.74) is 1.86. The zero-order chi connectivity index (χ0) is 20.3. The highest BCUT2D eigenvalue weighted by molar-refractivity contribution is 7.99. The number of hydrogen-bond acceptors (Lipinski definition) is 4. The molecule has 5 nitrogen and oxygen atoms in total. The van der Waals surface area contributed by atoms with E-state index in [1.54, 1.807) is 4.57 Å². The Balaban J connectivity index is 1.71. The highest BCUT2D eigenvalue weighted by Gasteiger charge is 2.33. The van der Waals surface area contributed by atoms with Gasteiger partial charge in [-0.05, 0) is 37.6 Å². The minimum Gasteiger partial charge on any atom is -0.325 e. The second kappa shape index (κ2) is 8.05. The van der Waals surface area contributed by atoms with Crippen LogP contribution in [0.1, 0.15) is 16.7 Å². The summed E-state index contributed by atoms with van der Waals surface area (Å²) >= 11 is 1.10. The van der Waals surface area contributed by atoms with Gasteiger partial charge in [0.1, 0.15) is 6.33 Å². The molecule has 0 fully saturated rings. The van der Waals surface area contributed by atoms with Gasteiger partial charge in [-0.15, -0.1) is 10.2 Å². The number of anilines is 1. The van der Waals surface area contributed by atoms with Crippen LogP contribution in [0.15, 0.2) is 53.9 Å². The third-order valence-electron chi connectivity index (χ3n) is 3.97. The molecule has 1 heterocycles. The first-order valence-electron chi connectivity index (χ1n) is 8.32. The van der Waals surface area contributed by atoms with E-state index in [9.17, 15) is 18.0 Å². The molecule has 3 aromatic rings. The van der Waals surface area contributed by atoms with Gasteiger partial charge >= 0.3 is 6.18 Å². The van der Waals surface area contributed by atoms with Crippen molar-refractivity contribution in [2.24, 2.45) is 0 Å². The van der Waals surface area contributed by atoms with Crippen molar-refractivity contribution in [3.8, 4) is 5.69 Å². The molecule has 0 radical (unpaired) electrons. The topological polar surface area (TPSA) is 59.8 Å². The number of nitrogens with one attached hydrogen (secondary N) is 1. The molecule has 146 valence electrons. The van der Waals surface area contributed by atoms with Crippen molar-refractivity contribution in [1.29, 1.82) is 0 Å². The van der Waals surface area contributed by atoms with Crippen LogP contribution in [0.4, 0.5) is 18.9 Å². The second-order valence-electron chi connectivity index (χ2n) is 6.15. The van der Waals surface area contributed by atoms with Crippen LogP contribution in [0.5, 0.6) is 0 Å². The number of carbonyl (C=O) groups is 1. The number of nitrogens with zero attached hydrogens (tertiary/aromatic N) is 3. The van der Waals surface area contributed by atoms with Crippen molar-refractivity contribution in [1.82, 2.24) is 14.8 Å². The smallest absolute Gasteiger partial charge is 0.325 e.